The summed E-state index contributed by atoms with van der Waals surface area (Å²) >= 11 is 0. The Labute approximate surface area is 130 Å². The molecular weight excluding hydrogens is 278 g/mol. The molecule has 0 N–H and O–H groups in total. The van der Waals surface area contributed by atoms with Gasteiger partial charge in [-0.25, -0.2) is 0 Å². The molecule has 1 aromatic rings. The van der Waals surface area contributed by atoms with Crippen LogP contribution in [0.3, 0.4) is 0 Å². The summed E-state index contributed by atoms with van der Waals surface area (Å²) in [7, 11) is 1.71. The molecule has 0 radical (unpaired) electrons. The van der Waals surface area contributed by atoms with Crippen LogP contribution in [0.5, 0.6) is 5.75 Å². The summed E-state index contributed by atoms with van der Waals surface area (Å²) in [5.41, 5.74) is 2.37. The number of ether oxygens (including phenoxy) is 1. The maximum Gasteiger partial charge on any atom is 0.209 e. The Morgan fingerprint density at radius 3 is 3.05 bits per heavy atom. The van der Waals surface area contributed by atoms with Crippen molar-refractivity contribution >= 4 is 12.2 Å². The van der Waals surface area contributed by atoms with E-state index in [0.717, 1.165) is 38.0 Å². The van der Waals surface area contributed by atoms with Crippen molar-refractivity contribution < 1.29 is 14.3 Å². The van der Waals surface area contributed by atoms with Gasteiger partial charge >= 0.3 is 0 Å². The van der Waals surface area contributed by atoms with Gasteiger partial charge in [-0.15, -0.1) is 0 Å². The highest BCUT2D eigenvalue weighted by Gasteiger charge is 2.56. The summed E-state index contributed by atoms with van der Waals surface area (Å²) in [6, 6.07) is 6.39. The van der Waals surface area contributed by atoms with Crippen molar-refractivity contribution in [2.24, 2.45) is 5.92 Å². The van der Waals surface area contributed by atoms with E-state index >= 15 is 0 Å². The van der Waals surface area contributed by atoms with Crippen LogP contribution < -0.4 is 4.74 Å². The van der Waals surface area contributed by atoms with E-state index in [-0.39, 0.29) is 11.5 Å². The van der Waals surface area contributed by atoms with Crippen LogP contribution >= 0.6 is 0 Å². The second-order valence-corrected chi connectivity index (χ2v) is 6.88. The van der Waals surface area contributed by atoms with Gasteiger partial charge in [0.25, 0.3) is 0 Å². The van der Waals surface area contributed by atoms with Crippen molar-refractivity contribution in [1.82, 2.24) is 4.90 Å². The molecule has 1 saturated carbocycles. The number of piperidine rings is 1. The average Bonchev–Trinajstić information content (AvgIpc) is 2.53. The van der Waals surface area contributed by atoms with Crippen molar-refractivity contribution in [3.05, 3.63) is 29.3 Å². The van der Waals surface area contributed by atoms with E-state index in [4.69, 9.17) is 4.74 Å². The third-order valence-electron chi connectivity index (χ3n) is 6.06. The lowest BCUT2D eigenvalue weighted by molar-refractivity contribution is -0.132. The molecule has 1 saturated heterocycles. The van der Waals surface area contributed by atoms with E-state index in [1.165, 1.54) is 11.1 Å². The molecule has 2 bridgehead atoms. The molecule has 1 aromatic carbocycles. The molecule has 3 aliphatic rings. The predicted octanol–water partition coefficient (Wildman–Crippen LogP) is 2.09. The molecule has 4 heteroatoms. The topological polar surface area (TPSA) is 46.6 Å². The fourth-order valence-corrected chi connectivity index (χ4v) is 5.22. The summed E-state index contributed by atoms with van der Waals surface area (Å²) in [4.78, 5) is 25.7. The van der Waals surface area contributed by atoms with Gasteiger partial charge in [-0.05, 0) is 36.8 Å². The van der Waals surface area contributed by atoms with Crippen molar-refractivity contribution in [2.75, 3.05) is 13.7 Å². The lowest BCUT2D eigenvalue weighted by Crippen LogP contribution is -2.61. The normalized spacial score (nSPS) is 33.0. The van der Waals surface area contributed by atoms with Crippen molar-refractivity contribution in [3.63, 3.8) is 0 Å². The van der Waals surface area contributed by atoms with Gasteiger partial charge in [-0.1, -0.05) is 12.1 Å². The summed E-state index contributed by atoms with van der Waals surface area (Å²) in [5, 5.41) is 0. The van der Waals surface area contributed by atoms with Crippen LogP contribution in [0.2, 0.25) is 0 Å². The number of fused-ring (bicyclic) bond motifs is 1. The zero-order valence-electron chi connectivity index (χ0n) is 12.9. The minimum atomic E-state index is -0.125. The average molecular weight is 299 g/mol. The monoisotopic (exact) mass is 299 g/mol. The van der Waals surface area contributed by atoms with Crippen molar-refractivity contribution in [2.45, 2.75) is 43.6 Å². The van der Waals surface area contributed by atoms with E-state index in [9.17, 15) is 9.59 Å². The van der Waals surface area contributed by atoms with Crippen LogP contribution in [0, 0.1) is 5.92 Å². The van der Waals surface area contributed by atoms with Crippen LogP contribution in [0.4, 0.5) is 0 Å². The largest absolute Gasteiger partial charge is 0.496 e. The minimum Gasteiger partial charge on any atom is -0.496 e. The fraction of sp³-hybridized carbons (Fsp3) is 0.556. The van der Waals surface area contributed by atoms with Gasteiger partial charge in [0.2, 0.25) is 6.41 Å². The molecule has 116 valence electrons. The zero-order chi connectivity index (χ0) is 15.3. The van der Waals surface area contributed by atoms with E-state index in [1.807, 2.05) is 17.0 Å². The van der Waals surface area contributed by atoms with E-state index < -0.39 is 0 Å². The Hall–Kier alpha value is -1.84. The zero-order valence-corrected chi connectivity index (χ0v) is 12.9. The molecule has 1 amide bonds. The first-order chi connectivity index (χ1) is 10.7. The molecule has 22 heavy (non-hydrogen) atoms. The number of hydrogen-bond acceptors (Lipinski definition) is 3. The van der Waals surface area contributed by atoms with Crippen LogP contribution in [-0.2, 0) is 21.4 Å². The van der Waals surface area contributed by atoms with Gasteiger partial charge in [0, 0.05) is 36.4 Å². The summed E-state index contributed by atoms with van der Waals surface area (Å²) in [5.74, 6) is 1.65. The van der Waals surface area contributed by atoms with Crippen LogP contribution in [0.15, 0.2) is 18.2 Å². The molecule has 3 atom stereocenters. The highest BCUT2D eigenvalue weighted by Crippen LogP contribution is 2.56. The molecule has 4 nitrogen and oxygen atoms in total. The Kier molecular flexibility index (Phi) is 3.03. The number of methoxy groups -OCH3 is 1. The minimum absolute atomic E-state index is 0.125. The molecule has 2 aliphatic carbocycles. The van der Waals surface area contributed by atoms with E-state index in [1.54, 1.807) is 7.11 Å². The van der Waals surface area contributed by atoms with Gasteiger partial charge in [0.15, 0.2) is 0 Å². The second-order valence-electron chi connectivity index (χ2n) is 6.88. The molecule has 0 spiro atoms. The highest BCUT2D eigenvalue weighted by molar-refractivity contribution is 5.82. The number of ketones is 1. The Morgan fingerprint density at radius 2 is 2.27 bits per heavy atom. The van der Waals surface area contributed by atoms with Crippen LogP contribution in [0.25, 0.3) is 0 Å². The second kappa shape index (κ2) is 4.83. The third-order valence-corrected chi connectivity index (χ3v) is 6.06. The van der Waals surface area contributed by atoms with Crippen molar-refractivity contribution in [1.29, 1.82) is 0 Å². The molecular formula is C18H21NO3. The molecule has 0 aromatic heterocycles. The Morgan fingerprint density at radius 1 is 1.41 bits per heavy atom. The van der Waals surface area contributed by atoms with Gasteiger partial charge in [0.1, 0.15) is 11.5 Å². The number of benzene rings is 1. The first-order valence-electron chi connectivity index (χ1n) is 8.09. The number of amides is 1. The molecule has 0 unspecified atom stereocenters. The number of nitrogens with zero attached hydrogens (tertiary/aromatic N) is 1. The molecule has 1 aliphatic heterocycles. The van der Waals surface area contributed by atoms with Gasteiger partial charge in [-0.2, -0.15) is 0 Å². The lowest BCUT2D eigenvalue weighted by atomic mass is 9.52. The van der Waals surface area contributed by atoms with Crippen LogP contribution in [0.1, 0.15) is 36.8 Å². The maximum absolute atomic E-state index is 12.2. The third kappa shape index (κ3) is 1.70. The van der Waals surface area contributed by atoms with E-state index in [0.29, 0.717) is 24.5 Å². The number of carbonyl (C=O) groups excluding carboxylic acids is 2. The summed E-state index contributed by atoms with van der Waals surface area (Å²) in [6.07, 6.45) is 4.90. The van der Waals surface area contributed by atoms with Crippen LogP contribution in [-0.4, -0.2) is 36.8 Å². The Bertz CT molecular complexity index is 641. The predicted molar refractivity (Wildman–Crippen MR) is 81.9 cm³/mol. The summed E-state index contributed by atoms with van der Waals surface area (Å²) < 4.78 is 5.64. The SMILES string of the molecule is COc1cccc2c1[C@]13CCN(C=O)[C@H](C2)[C@@H]1CCC(=O)C3. The highest BCUT2D eigenvalue weighted by atomic mass is 16.5. The van der Waals surface area contributed by atoms with E-state index in [2.05, 4.69) is 6.07 Å². The van der Waals surface area contributed by atoms with Gasteiger partial charge in [0.05, 0.1) is 7.11 Å². The number of rotatable bonds is 2. The van der Waals surface area contributed by atoms with Gasteiger partial charge < -0.3 is 9.64 Å². The maximum atomic E-state index is 12.2. The van der Waals surface area contributed by atoms with Gasteiger partial charge in [-0.3, -0.25) is 9.59 Å². The first kappa shape index (κ1) is 13.8. The fourth-order valence-electron chi connectivity index (χ4n) is 5.22. The first-order valence-corrected chi connectivity index (χ1v) is 8.09. The quantitative estimate of drug-likeness (QED) is 0.786. The molecule has 1 heterocycles. The number of Topliss-reactive ketones (excluding diaryl/α,β-unsaturated/α-hetero) is 1. The number of likely N-dealkylation sites (tertiary alicyclic amines) is 1. The lowest BCUT2D eigenvalue weighted by Gasteiger charge is -2.57. The standard InChI is InChI=1S/C18H21NO3/c1-22-16-4-2-3-12-9-15-14-6-5-13(21)10-18(14,17(12)16)7-8-19(15)11-20/h2-4,11,14-15H,5-10H2,1H3/t14-,15+,18-/m0/s1. The number of carbonyl (C=O) groups is 2. The Balaban J connectivity index is 1.93. The smallest absolute Gasteiger partial charge is 0.209 e. The van der Waals surface area contributed by atoms with Crippen molar-refractivity contribution in [3.8, 4) is 5.75 Å². The molecule has 4 rings (SSSR count). The molecule has 2 fully saturated rings. The summed E-state index contributed by atoms with van der Waals surface area (Å²) in [6.45, 7) is 0.745. The number of hydrogen-bond donors (Lipinski definition) is 0.